The molecule has 2 heteroatoms. The molecule has 0 aromatic heterocycles. The molecule has 6 aromatic rings. The van der Waals surface area contributed by atoms with Crippen molar-refractivity contribution in [3.63, 3.8) is 0 Å². The van der Waals surface area contributed by atoms with E-state index < -0.39 is 0 Å². The van der Waals surface area contributed by atoms with Crippen LogP contribution >= 0.6 is 0 Å². The summed E-state index contributed by atoms with van der Waals surface area (Å²) < 4.78 is 0. The first-order valence-electron chi connectivity index (χ1n) is 15.2. The van der Waals surface area contributed by atoms with Gasteiger partial charge in [0.1, 0.15) is 0 Å². The largest absolute Gasteiger partial charge is 0.334 e. The molecule has 212 valence electrons. The number of allylic oxidation sites excluding steroid dienone is 2. The molecule has 0 saturated heterocycles. The Labute approximate surface area is 260 Å². The Kier molecular flexibility index (Phi) is 7.88. The molecule has 1 unspecified atom stereocenters. The number of rotatable bonds is 8. The van der Waals surface area contributed by atoms with E-state index in [1.165, 1.54) is 33.6 Å². The molecule has 0 heterocycles. The number of hydrogen-bond donors (Lipinski definition) is 0. The topological polar surface area (TPSA) is 6.48 Å². The van der Waals surface area contributed by atoms with Crippen LogP contribution in [0.15, 0.2) is 188 Å². The molecule has 1 atom stereocenters. The van der Waals surface area contributed by atoms with Crippen molar-refractivity contribution in [2.24, 2.45) is 0 Å². The molecule has 7 rings (SSSR count). The first kappa shape index (κ1) is 27.2. The van der Waals surface area contributed by atoms with Crippen molar-refractivity contribution in [2.75, 3.05) is 9.80 Å². The molecule has 1 aliphatic carbocycles. The molecular weight excluding hydrogens is 532 g/mol. The molecule has 0 bridgehead atoms. The van der Waals surface area contributed by atoms with Crippen LogP contribution < -0.4 is 9.80 Å². The molecule has 0 radical (unpaired) electrons. The summed E-state index contributed by atoms with van der Waals surface area (Å²) in [5.41, 5.74) is 10.6. The second-order valence-corrected chi connectivity index (χ2v) is 11.0. The van der Waals surface area contributed by atoms with Gasteiger partial charge in [0.05, 0.1) is 6.04 Å². The third-order valence-corrected chi connectivity index (χ3v) is 8.18. The SMILES string of the molecule is C1=CCC(N(c2ccccc2)c2ccc(-c3ccc(-c4ccc(N(c5ccccc5)c5ccccc5)cc4)cc3)cc2)C=C1. The summed E-state index contributed by atoms with van der Waals surface area (Å²) in [7, 11) is 0. The molecular formula is C42H34N2. The van der Waals surface area contributed by atoms with E-state index in [9.17, 15) is 0 Å². The van der Waals surface area contributed by atoms with Crippen molar-refractivity contribution in [3.8, 4) is 22.3 Å². The zero-order valence-corrected chi connectivity index (χ0v) is 24.6. The fourth-order valence-corrected chi connectivity index (χ4v) is 5.95. The van der Waals surface area contributed by atoms with Crippen molar-refractivity contribution < 1.29 is 0 Å². The van der Waals surface area contributed by atoms with Crippen molar-refractivity contribution in [1.82, 2.24) is 0 Å². The van der Waals surface area contributed by atoms with Crippen LogP contribution in [0.2, 0.25) is 0 Å². The average Bonchev–Trinajstić information content (AvgIpc) is 3.11. The summed E-state index contributed by atoms with van der Waals surface area (Å²) in [6.07, 6.45) is 9.80. The Hall–Kier alpha value is -5.60. The predicted molar refractivity (Wildman–Crippen MR) is 187 cm³/mol. The highest BCUT2D eigenvalue weighted by atomic mass is 15.2. The summed E-state index contributed by atoms with van der Waals surface area (Å²) in [6.45, 7) is 0. The highest BCUT2D eigenvalue weighted by Crippen LogP contribution is 2.36. The third kappa shape index (κ3) is 5.84. The number of para-hydroxylation sites is 3. The second-order valence-electron chi connectivity index (χ2n) is 11.0. The molecule has 0 aliphatic heterocycles. The van der Waals surface area contributed by atoms with Crippen LogP contribution in [-0.4, -0.2) is 6.04 Å². The number of benzene rings is 6. The fraction of sp³-hybridized carbons (Fsp3) is 0.0476. The Morgan fingerprint density at radius 1 is 0.364 bits per heavy atom. The van der Waals surface area contributed by atoms with Crippen LogP contribution in [0.25, 0.3) is 22.3 Å². The molecule has 0 fully saturated rings. The number of anilines is 5. The minimum Gasteiger partial charge on any atom is -0.334 e. The van der Waals surface area contributed by atoms with Gasteiger partial charge in [-0.3, -0.25) is 0 Å². The van der Waals surface area contributed by atoms with E-state index in [4.69, 9.17) is 0 Å². The standard InChI is InChI=1S/C42H34N2/c1-5-13-37(14-6-1)43(38-15-7-2-8-16-38)41-29-25-35(26-30-41)33-21-23-34(24-22-33)36-27-31-42(32-28-36)44(39-17-9-3-10-18-39)40-19-11-4-12-20-40/h1-19,21-32,40H,20H2. The zero-order valence-electron chi connectivity index (χ0n) is 24.6. The van der Waals surface area contributed by atoms with Gasteiger partial charge < -0.3 is 9.80 Å². The summed E-state index contributed by atoms with van der Waals surface area (Å²) in [5.74, 6) is 0. The molecule has 0 amide bonds. The maximum absolute atomic E-state index is 2.42. The van der Waals surface area contributed by atoms with E-state index in [1.807, 2.05) is 0 Å². The van der Waals surface area contributed by atoms with Gasteiger partial charge in [0.2, 0.25) is 0 Å². The smallest absolute Gasteiger partial charge is 0.0559 e. The lowest BCUT2D eigenvalue weighted by Crippen LogP contribution is -2.29. The Morgan fingerprint density at radius 3 is 1.16 bits per heavy atom. The maximum Gasteiger partial charge on any atom is 0.0559 e. The predicted octanol–water partition coefficient (Wildman–Crippen LogP) is 11.5. The van der Waals surface area contributed by atoms with Gasteiger partial charge in [-0.25, -0.2) is 0 Å². The minimum absolute atomic E-state index is 0.298. The van der Waals surface area contributed by atoms with E-state index in [2.05, 4.69) is 198 Å². The van der Waals surface area contributed by atoms with Crippen LogP contribution in [-0.2, 0) is 0 Å². The Balaban J connectivity index is 1.11. The Bertz CT molecular complexity index is 1800. The van der Waals surface area contributed by atoms with Gasteiger partial charge in [0, 0.05) is 28.4 Å². The van der Waals surface area contributed by atoms with Crippen molar-refractivity contribution in [2.45, 2.75) is 12.5 Å². The first-order valence-corrected chi connectivity index (χ1v) is 15.2. The molecule has 1 aliphatic rings. The van der Waals surface area contributed by atoms with Crippen LogP contribution in [0.1, 0.15) is 6.42 Å². The molecule has 44 heavy (non-hydrogen) atoms. The molecule has 2 nitrogen and oxygen atoms in total. The molecule has 0 saturated carbocycles. The lowest BCUT2D eigenvalue weighted by Gasteiger charge is -2.32. The normalized spacial score (nSPS) is 13.9. The van der Waals surface area contributed by atoms with Gasteiger partial charge in [-0.1, -0.05) is 127 Å². The van der Waals surface area contributed by atoms with Crippen molar-refractivity contribution in [1.29, 1.82) is 0 Å². The summed E-state index contributed by atoms with van der Waals surface area (Å²) >= 11 is 0. The van der Waals surface area contributed by atoms with Crippen molar-refractivity contribution >= 4 is 28.4 Å². The molecule has 0 N–H and O–H groups in total. The summed E-state index contributed by atoms with van der Waals surface area (Å²) in [6, 6.07) is 58.7. The zero-order chi connectivity index (χ0) is 29.6. The number of nitrogens with zero attached hydrogens (tertiary/aromatic N) is 2. The van der Waals surface area contributed by atoms with Gasteiger partial charge in [0.25, 0.3) is 0 Å². The van der Waals surface area contributed by atoms with E-state index in [0.717, 1.165) is 23.5 Å². The Morgan fingerprint density at radius 2 is 0.727 bits per heavy atom. The van der Waals surface area contributed by atoms with Crippen LogP contribution in [0.5, 0.6) is 0 Å². The lowest BCUT2D eigenvalue weighted by molar-refractivity contribution is 0.785. The highest BCUT2D eigenvalue weighted by molar-refractivity contribution is 5.79. The van der Waals surface area contributed by atoms with Crippen molar-refractivity contribution in [3.05, 3.63) is 188 Å². The van der Waals surface area contributed by atoms with E-state index >= 15 is 0 Å². The summed E-state index contributed by atoms with van der Waals surface area (Å²) in [5, 5.41) is 0. The van der Waals surface area contributed by atoms with Gasteiger partial charge in [-0.05, 0) is 89.3 Å². The minimum atomic E-state index is 0.298. The molecule has 0 spiro atoms. The van der Waals surface area contributed by atoms with Crippen LogP contribution in [0.3, 0.4) is 0 Å². The van der Waals surface area contributed by atoms with Gasteiger partial charge in [0.15, 0.2) is 0 Å². The van der Waals surface area contributed by atoms with Crippen LogP contribution in [0.4, 0.5) is 28.4 Å². The van der Waals surface area contributed by atoms with Gasteiger partial charge in [-0.15, -0.1) is 0 Å². The van der Waals surface area contributed by atoms with E-state index in [-0.39, 0.29) is 0 Å². The van der Waals surface area contributed by atoms with Gasteiger partial charge >= 0.3 is 0 Å². The van der Waals surface area contributed by atoms with E-state index in [1.54, 1.807) is 0 Å². The van der Waals surface area contributed by atoms with Gasteiger partial charge in [-0.2, -0.15) is 0 Å². The molecule has 6 aromatic carbocycles. The quantitative estimate of drug-likeness (QED) is 0.181. The summed E-state index contributed by atoms with van der Waals surface area (Å²) in [4.78, 5) is 4.71. The second kappa shape index (κ2) is 12.7. The monoisotopic (exact) mass is 566 g/mol. The van der Waals surface area contributed by atoms with E-state index in [0.29, 0.717) is 6.04 Å². The van der Waals surface area contributed by atoms with Crippen LogP contribution in [0, 0.1) is 0 Å². The number of hydrogen-bond acceptors (Lipinski definition) is 2. The average molecular weight is 567 g/mol. The lowest BCUT2D eigenvalue weighted by atomic mass is 9.99. The third-order valence-electron chi connectivity index (χ3n) is 8.18. The highest BCUT2D eigenvalue weighted by Gasteiger charge is 2.19. The maximum atomic E-state index is 2.42. The fourth-order valence-electron chi connectivity index (χ4n) is 5.95. The first-order chi connectivity index (χ1) is 21.8.